The van der Waals surface area contributed by atoms with E-state index in [-0.39, 0.29) is 18.0 Å². The Morgan fingerprint density at radius 2 is 1.90 bits per heavy atom. The van der Waals surface area contributed by atoms with Crippen molar-refractivity contribution < 1.29 is 23.1 Å². The summed E-state index contributed by atoms with van der Waals surface area (Å²) in [7, 11) is 0. The van der Waals surface area contributed by atoms with E-state index in [9.17, 15) is 18.0 Å². The topological polar surface area (TPSA) is 49.3 Å². The first-order valence-corrected chi connectivity index (χ1v) is 6.33. The minimum absolute atomic E-state index is 0.0509. The van der Waals surface area contributed by atoms with Crippen LogP contribution in [0.4, 0.5) is 13.2 Å². The second kappa shape index (κ2) is 6.74. The zero-order chi connectivity index (χ0) is 15.3. The lowest BCUT2D eigenvalue weighted by Gasteiger charge is -2.18. The van der Waals surface area contributed by atoms with Gasteiger partial charge in [-0.25, -0.2) is 0 Å². The first-order valence-electron chi connectivity index (χ1n) is 6.33. The second-order valence-electron chi connectivity index (χ2n) is 5.06. The highest BCUT2D eigenvalue weighted by atomic mass is 19.4. The molecule has 112 valence electrons. The minimum Gasteiger partial charge on any atom is -0.480 e. The number of hydrogen-bond acceptors (Lipinski definition) is 2. The van der Waals surface area contributed by atoms with Gasteiger partial charge in [-0.3, -0.25) is 4.79 Å². The van der Waals surface area contributed by atoms with Crippen molar-refractivity contribution >= 4 is 5.97 Å². The third-order valence-electron chi connectivity index (χ3n) is 2.87. The average Bonchev–Trinajstić information content (AvgIpc) is 2.33. The fourth-order valence-electron chi connectivity index (χ4n) is 1.93. The van der Waals surface area contributed by atoms with Crippen molar-refractivity contribution in [3.05, 3.63) is 35.4 Å². The van der Waals surface area contributed by atoms with Gasteiger partial charge in [0.15, 0.2) is 0 Å². The highest BCUT2D eigenvalue weighted by Crippen LogP contribution is 2.31. The first-order chi connectivity index (χ1) is 9.21. The molecule has 0 radical (unpaired) electrons. The summed E-state index contributed by atoms with van der Waals surface area (Å²) < 4.78 is 38.4. The maximum atomic E-state index is 12.8. The molecule has 0 aliphatic heterocycles. The summed E-state index contributed by atoms with van der Waals surface area (Å²) in [5, 5.41) is 11.7. The summed E-state index contributed by atoms with van der Waals surface area (Å²) in [5.41, 5.74) is -0.684. The standard InChI is InChI=1S/C14H18F3NO2/c1-9(2)7-12(13(19)20)18-8-10-5-3-4-6-11(10)14(15,16)17/h3-6,9,12,18H,7-8H2,1-2H3,(H,19,20). The molecule has 0 saturated heterocycles. The molecule has 6 heteroatoms. The molecule has 20 heavy (non-hydrogen) atoms. The zero-order valence-corrected chi connectivity index (χ0v) is 11.4. The molecule has 1 aromatic carbocycles. The van der Waals surface area contributed by atoms with Gasteiger partial charge < -0.3 is 10.4 Å². The van der Waals surface area contributed by atoms with Gasteiger partial charge in [0, 0.05) is 6.54 Å². The van der Waals surface area contributed by atoms with E-state index in [1.807, 2.05) is 13.8 Å². The molecule has 2 N–H and O–H groups in total. The Kier molecular flexibility index (Phi) is 5.56. The van der Waals surface area contributed by atoms with Gasteiger partial charge in [0.1, 0.15) is 6.04 Å². The third kappa shape index (κ3) is 4.85. The molecule has 0 heterocycles. The van der Waals surface area contributed by atoms with Gasteiger partial charge in [-0.15, -0.1) is 0 Å². The Morgan fingerprint density at radius 3 is 2.40 bits per heavy atom. The highest BCUT2D eigenvalue weighted by molar-refractivity contribution is 5.73. The van der Waals surface area contributed by atoms with Gasteiger partial charge in [-0.05, 0) is 24.0 Å². The van der Waals surface area contributed by atoms with Crippen LogP contribution in [0.2, 0.25) is 0 Å². The summed E-state index contributed by atoms with van der Waals surface area (Å²) in [6.07, 6.45) is -4.07. The lowest BCUT2D eigenvalue weighted by molar-refractivity contribution is -0.140. The van der Waals surface area contributed by atoms with E-state index in [1.165, 1.54) is 18.2 Å². The quantitative estimate of drug-likeness (QED) is 0.845. The summed E-state index contributed by atoms with van der Waals surface area (Å²) in [6, 6.07) is 4.31. The monoisotopic (exact) mass is 289 g/mol. The van der Waals surface area contributed by atoms with E-state index in [0.29, 0.717) is 6.42 Å². The van der Waals surface area contributed by atoms with Crippen molar-refractivity contribution in [3.8, 4) is 0 Å². The number of carboxylic acids is 1. The molecule has 0 amide bonds. The number of halogens is 3. The van der Waals surface area contributed by atoms with Gasteiger partial charge in [0.05, 0.1) is 5.56 Å². The van der Waals surface area contributed by atoms with Gasteiger partial charge in [0.25, 0.3) is 0 Å². The molecule has 1 unspecified atom stereocenters. The first kappa shape index (κ1) is 16.5. The summed E-state index contributed by atoms with van der Waals surface area (Å²) in [4.78, 5) is 11.1. The van der Waals surface area contributed by atoms with Crippen LogP contribution in [0.3, 0.4) is 0 Å². The normalized spacial score (nSPS) is 13.5. The number of carbonyl (C=O) groups is 1. The lowest BCUT2D eigenvalue weighted by atomic mass is 10.0. The maximum absolute atomic E-state index is 12.8. The molecule has 3 nitrogen and oxygen atoms in total. The Bertz CT molecular complexity index is 458. The van der Waals surface area contributed by atoms with Gasteiger partial charge >= 0.3 is 12.1 Å². The lowest BCUT2D eigenvalue weighted by Crippen LogP contribution is -2.37. The largest absolute Gasteiger partial charge is 0.480 e. The number of alkyl halides is 3. The van der Waals surface area contributed by atoms with Crippen molar-refractivity contribution in [2.24, 2.45) is 5.92 Å². The van der Waals surface area contributed by atoms with E-state index in [0.717, 1.165) is 6.07 Å². The number of carboxylic acid groups (broad SMARTS) is 1. The van der Waals surface area contributed by atoms with Crippen LogP contribution in [-0.4, -0.2) is 17.1 Å². The van der Waals surface area contributed by atoms with Gasteiger partial charge in [-0.1, -0.05) is 32.0 Å². The average molecular weight is 289 g/mol. The second-order valence-corrected chi connectivity index (χ2v) is 5.06. The predicted molar refractivity (Wildman–Crippen MR) is 69.2 cm³/mol. The van der Waals surface area contributed by atoms with Crippen molar-refractivity contribution in [1.82, 2.24) is 5.32 Å². The Morgan fingerprint density at radius 1 is 1.30 bits per heavy atom. The van der Waals surface area contributed by atoms with Crippen molar-refractivity contribution in [2.45, 2.75) is 39.0 Å². The number of rotatable bonds is 6. The molecule has 0 bridgehead atoms. The highest BCUT2D eigenvalue weighted by Gasteiger charge is 2.33. The summed E-state index contributed by atoms with van der Waals surface area (Å²) >= 11 is 0. The number of nitrogens with one attached hydrogen (secondary N) is 1. The van der Waals surface area contributed by atoms with E-state index in [2.05, 4.69) is 5.32 Å². The predicted octanol–water partition coefficient (Wildman–Crippen LogP) is 3.29. The summed E-state index contributed by atoms with van der Waals surface area (Å²) in [6.45, 7) is 3.60. The molecule has 0 aromatic heterocycles. The molecule has 1 atom stereocenters. The Labute approximate surface area is 115 Å². The van der Waals surface area contributed by atoms with Gasteiger partial charge in [0.2, 0.25) is 0 Å². The van der Waals surface area contributed by atoms with E-state index in [1.54, 1.807) is 0 Å². The zero-order valence-electron chi connectivity index (χ0n) is 11.4. The Hall–Kier alpha value is -1.56. The molecular formula is C14H18F3NO2. The maximum Gasteiger partial charge on any atom is 0.416 e. The van der Waals surface area contributed by atoms with Crippen LogP contribution in [0, 0.1) is 5.92 Å². The minimum atomic E-state index is -4.44. The smallest absolute Gasteiger partial charge is 0.416 e. The Balaban J connectivity index is 2.81. The van der Waals surface area contributed by atoms with Crippen LogP contribution in [0.5, 0.6) is 0 Å². The number of hydrogen-bond donors (Lipinski definition) is 2. The molecule has 0 fully saturated rings. The van der Waals surface area contributed by atoms with Crippen LogP contribution >= 0.6 is 0 Å². The molecule has 0 spiro atoms. The fraction of sp³-hybridized carbons (Fsp3) is 0.500. The molecule has 0 aliphatic carbocycles. The number of aliphatic carboxylic acids is 1. The molecular weight excluding hydrogens is 271 g/mol. The van der Waals surface area contributed by atoms with Gasteiger partial charge in [-0.2, -0.15) is 13.2 Å². The van der Waals surface area contributed by atoms with Crippen LogP contribution in [-0.2, 0) is 17.5 Å². The van der Waals surface area contributed by atoms with Crippen molar-refractivity contribution in [2.75, 3.05) is 0 Å². The van der Waals surface area contributed by atoms with Crippen LogP contribution in [0.1, 0.15) is 31.4 Å². The summed E-state index contributed by atoms with van der Waals surface area (Å²) in [5.74, 6) is -0.912. The van der Waals surface area contributed by atoms with Crippen LogP contribution in [0.25, 0.3) is 0 Å². The number of benzene rings is 1. The molecule has 0 aliphatic rings. The van der Waals surface area contributed by atoms with E-state index < -0.39 is 23.8 Å². The SMILES string of the molecule is CC(C)CC(NCc1ccccc1C(F)(F)F)C(=O)O. The molecule has 1 rings (SSSR count). The molecule has 0 saturated carbocycles. The fourth-order valence-corrected chi connectivity index (χ4v) is 1.93. The third-order valence-corrected chi connectivity index (χ3v) is 2.87. The van der Waals surface area contributed by atoms with E-state index in [4.69, 9.17) is 5.11 Å². The van der Waals surface area contributed by atoms with Crippen molar-refractivity contribution in [1.29, 1.82) is 0 Å². The van der Waals surface area contributed by atoms with Crippen LogP contribution in [0.15, 0.2) is 24.3 Å². The van der Waals surface area contributed by atoms with E-state index >= 15 is 0 Å². The van der Waals surface area contributed by atoms with Crippen molar-refractivity contribution in [3.63, 3.8) is 0 Å². The molecule has 1 aromatic rings. The van der Waals surface area contributed by atoms with Crippen LogP contribution < -0.4 is 5.32 Å².